The lowest BCUT2D eigenvalue weighted by molar-refractivity contribution is -0.127. The molecular formula is C14H26N2O. The van der Waals surface area contributed by atoms with E-state index in [2.05, 4.69) is 12.2 Å². The molecule has 3 N–H and O–H groups in total. The smallest absolute Gasteiger partial charge is 0.223 e. The fourth-order valence-corrected chi connectivity index (χ4v) is 3.56. The van der Waals surface area contributed by atoms with Gasteiger partial charge < -0.3 is 11.1 Å². The summed E-state index contributed by atoms with van der Waals surface area (Å²) >= 11 is 0. The Morgan fingerprint density at radius 2 is 2.00 bits per heavy atom. The molecular weight excluding hydrogens is 212 g/mol. The standard InChI is InChI=1S/C14H26N2O/c1-11-5-4-8-14(9-11,10-15)16-13(17)12-6-2-3-7-12/h11-12H,2-10,15H2,1H3,(H,16,17). The number of carbonyl (C=O) groups excluding carboxylic acids is 1. The van der Waals surface area contributed by atoms with Gasteiger partial charge in [-0.15, -0.1) is 0 Å². The van der Waals surface area contributed by atoms with Crippen molar-refractivity contribution in [3.63, 3.8) is 0 Å². The van der Waals surface area contributed by atoms with E-state index >= 15 is 0 Å². The maximum atomic E-state index is 12.2. The number of nitrogens with one attached hydrogen (secondary N) is 1. The lowest BCUT2D eigenvalue weighted by atomic mass is 9.76. The van der Waals surface area contributed by atoms with Crippen molar-refractivity contribution in [2.24, 2.45) is 17.6 Å². The van der Waals surface area contributed by atoms with Crippen LogP contribution < -0.4 is 11.1 Å². The largest absolute Gasteiger partial charge is 0.349 e. The second-order valence-electron chi connectivity index (χ2n) is 6.16. The van der Waals surface area contributed by atoms with E-state index in [1.807, 2.05) is 0 Å². The molecule has 3 nitrogen and oxygen atoms in total. The normalized spacial score (nSPS) is 34.8. The molecule has 98 valence electrons. The molecule has 2 aliphatic carbocycles. The van der Waals surface area contributed by atoms with E-state index in [1.165, 1.54) is 25.7 Å². The quantitative estimate of drug-likeness (QED) is 0.792. The molecule has 2 rings (SSSR count). The minimum absolute atomic E-state index is 0.0999. The Labute approximate surface area is 105 Å². The second kappa shape index (κ2) is 5.38. The molecule has 3 heteroatoms. The zero-order chi connectivity index (χ0) is 12.3. The van der Waals surface area contributed by atoms with E-state index in [9.17, 15) is 4.79 Å². The summed E-state index contributed by atoms with van der Waals surface area (Å²) in [6.07, 6.45) is 9.16. The number of carbonyl (C=O) groups is 1. The number of hydrogen-bond acceptors (Lipinski definition) is 2. The number of rotatable bonds is 3. The van der Waals surface area contributed by atoms with E-state index in [-0.39, 0.29) is 17.4 Å². The first kappa shape index (κ1) is 12.9. The SMILES string of the molecule is CC1CCCC(CN)(NC(=O)C2CCCC2)C1. The van der Waals surface area contributed by atoms with Crippen molar-refractivity contribution in [3.05, 3.63) is 0 Å². The van der Waals surface area contributed by atoms with Gasteiger partial charge in [-0.05, 0) is 31.6 Å². The number of hydrogen-bond donors (Lipinski definition) is 2. The van der Waals surface area contributed by atoms with E-state index in [0.29, 0.717) is 12.5 Å². The van der Waals surface area contributed by atoms with Crippen LogP contribution in [0.25, 0.3) is 0 Å². The molecule has 0 heterocycles. The molecule has 17 heavy (non-hydrogen) atoms. The molecule has 0 radical (unpaired) electrons. The van der Waals surface area contributed by atoms with Gasteiger partial charge >= 0.3 is 0 Å². The highest BCUT2D eigenvalue weighted by atomic mass is 16.2. The Balaban J connectivity index is 1.95. The third-order valence-corrected chi connectivity index (χ3v) is 4.60. The van der Waals surface area contributed by atoms with Crippen LogP contribution >= 0.6 is 0 Å². The highest BCUT2D eigenvalue weighted by molar-refractivity contribution is 5.79. The van der Waals surface area contributed by atoms with Gasteiger partial charge in [0.25, 0.3) is 0 Å². The van der Waals surface area contributed by atoms with Crippen LogP contribution in [-0.4, -0.2) is 18.0 Å². The van der Waals surface area contributed by atoms with Crippen molar-refractivity contribution < 1.29 is 4.79 Å². The minimum atomic E-state index is -0.0999. The third kappa shape index (κ3) is 3.01. The monoisotopic (exact) mass is 238 g/mol. The summed E-state index contributed by atoms with van der Waals surface area (Å²) in [5, 5.41) is 3.29. The highest BCUT2D eigenvalue weighted by Gasteiger charge is 2.36. The van der Waals surface area contributed by atoms with Crippen LogP contribution in [0.1, 0.15) is 58.3 Å². The van der Waals surface area contributed by atoms with Gasteiger partial charge in [0.1, 0.15) is 0 Å². The lowest BCUT2D eigenvalue weighted by Crippen LogP contribution is -2.57. The van der Waals surface area contributed by atoms with Crippen LogP contribution in [0.3, 0.4) is 0 Å². The summed E-state index contributed by atoms with van der Waals surface area (Å²) in [5.74, 6) is 1.22. The molecule has 0 aromatic rings. The molecule has 0 aliphatic heterocycles. The second-order valence-corrected chi connectivity index (χ2v) is 6.16. The van der Waals surface area contributed by atoms with Gasteiger partial charge in [0, 0.05) is 12.5 Å². The molecule has 0 spiro atoms. The van der Waals surface area contributed by atoms with Crippen molar-refractivity contribution in [2.75, 3.05) is 6.54 Å². The maximum Gasteiger partial charge on any atom is 0.223 e. The maximum absolute atomic E-state index is 12.2. The first-order valence-electron chi connectivity index (χ1n) is 7.17. The molecule has 2 atom stereocenters. The van der Waals surface area contributed by atoms with Crippen molar-refractivity contribution in [1.29, 1.82) is 0 Å². The summed E-state index contributed by atoms with van der Waals surface area (Å²) in [6.45, 7) is 2.86. The number of nitrogens with two attached hydrogens (primary N) is 1. The van der Waals surface area contributed by atoms with E-state index in [0.717, 1.165) is 25.7 Å². The van der Waals surface area contributed by atoms with Crippen LogP contribution in [0.15, 0.2) is 0 Å². The Hall–Kier alpha value is -0.570. The summed E-state index contributed by atoms with van der Waals surface area (Å²) in [6, 6.07) is 0. The number of amides is 1. The zero-order valence-corrected chi connectivity index (χ0v) is 11.0. The summed E-state index contributed by atoms with van der Waals surface area (Å²) in [5.41, 5.74) is 5.83. The van der Waals surface area contributed by atoms with Gasteiger partial charge in [-0.2, -0.15) is 0 Å². The van der Waals surface area contributed by atoms with E-state index < -0.39 is 0 Å². The highest BCUT2D eigenvalue weighted by Crippen LogP contribution is 2.33. The summed E-state index contributed by atoms with van der Waals surface area (Å²) < 4.78 is 0. The first-order valence-corrected chi connectivity index (χ1v) is 7.17. The molecule has 2 unspecified atom stereocenters. The average molecular weight is 238 g/mol. The van der Waals surface area contributed by atoms with Gasteiger partial charge in [-0.3, -0.25) is 4.79 Å². The first-order chi connectivity index (χ1) is 8.15. The molecule has 2 fully saturated rings. The van der Waals surface area contributed by atoms with Crippen LogP contribution in [0, 0.1) is 11.8 Å². The van der Waals surface area contributed by atoms with Gasteiger partial charge in [0.05, 0.1) is 5.54 Å². The molecule has 2 saturated carbocycles. The topological polar surface area (TPSA) is 55.1 Å². The average Bonchev–Trinajstić information content (AvgIpc) is 2.82. The van der Waals surface area contributed by atoms with Crippen LogP contribution in [0.4, 0.5) is 0 Å². The van der Waals surface area contributed by atoms with Crippen LogP contribution in [0.5, 0.6) is 0 Å². The van der Waals surface area contributed by atoms with Crippen LogP contribution in [0.2, 0.25) is 0 Å². The molecule has 1 amide bonds. The Morgan fingerprint density at radius 1 is 1.29 bits per heavy atom. The zero-order valence-electron chi connectivity index (χ0n) is 11.0. The van der Waals surface area contributed by atoms with Gasteiger partial charge in [-0.1, -0.05) is 32.6 Å². The van der Waals surface area contributed by atoms with E-state index in [1.54, 1.807) is 0 Å². The summed E-state index contributed by atoms with van der Waals surface area (Å²) in [4.78, 5) is 12.2. The lowest BCUT2D eigenvalue weighted by Gasteiger charge is -2.40. The molecule has 2 aliphatic rings. The summed E-state index contributed by atoms with van der Waals surface area (Å²) in [7, 11) is 0. The Kier molecular flexibility index (Phi) is 4.08. The van der Waals surface area contributed by atoms with Gasteiger partial charge in [-0.25, -0.2) is 0 Å². The Bertz CT molecular complexity index is 273. The van der Waals surface area contributed by atoms with Gasteiger partial charge in [0.15, 0.2) is 0 Å². The molecule has 0 aromatic heterocycles. The van der Waals surface area contributed by atoms with Crippen molar-refractivity contribution in [3.8, 4) is 0 Å². The fourth-order valence-electron chi connectivity index (χ4n) is 3.56. The van der Waals surface area contributed by atoms with Gasteiger partial charge in [0.2, 0.25) is 5.91 Å². The third-order valence-electron chi connectivity index (χ3n) is 4.60. The predicted molar refractivity (Wildman–Crippen MR) is 69.5 cm³/mol. The van der Waals surface area contributed by atoms with E-state index in [4.69, 9.17) is 5.73 Å². The molecule has 0 bridgehead atoms. The molecule has 0 aromatic carbocycles. The molecule has 0 saturated heterocycles. The van der Waals surface area contributed by atoms with Crippen molar-refractivity contribution >= 4 is 5.91 Å². The minimum Gasteiger partial charge on any atom is -0.349 e. The predicted octanol–water partition coefficient (Wildman–Crippen LogP) is 2.20. The fraction of sp³-hybridized carbons (Fsp3) is 0.929. The van der Waals surface area contributed by atoms with Crippen molar-refractivity contribution in [1.82, 2.24) is 5.32 Å². The van der Waals surface area contributed by atoms with Crippen molar-refractivity contribution in [2.45, 2.75) is 63.8 Å². The Morgan fingerprint density at radius 3 is 2.59 bits per heavy atom. The van der Waals surface area contributed by atoms with Crippen LogP contribution in [-0.2, 0) is 4.79 Å².